The molecular weight excluding hydrogens is 376 g/mol. The average molecular weight is 402 g/mol. The number of carbonyl (C=O) groups is 2. The van der Waals surface area contributed by atoms with Crippen LogP contribution in [-0.2, 0) is 9.59 Å². The minimum absolute atomic E-state index is 0.176. The normalized spacial score (nSPS) is 9.00. The number of aliphatic carboxylic acids is 1. The van der Waals surface area contributed by atoms with E-state index in [2.05, 4.69) is 61.7 Å². The first-order chi connectivity index (χ1) is 14.3. The van der Waals surface area contributed by atoms with Gasteiger partial charge in [-0.1, -0.05) is 92.0 Å². The van der Waals surface area contributed by atoms with Gasteiger partial charge in [0.15, 0.2) is 0 Å². The highest BCUT2D eigenvalue weighted by molar-refractivity contribution is 5.88. The van der Waals surface area contributed by atoms with Crippen molar-refractivity contribution < 1.29 is 19.4 Å². The number of ether oxygens (including phenoxy) is 1. The molecule has 4 nitrogen and oxygen atoms in total. The summed E-state index contributed by atoms with van der Waals surface area (Å²) in [4.78, 5) is 20.6. The monoisotopic (exact) mass is 402 g/mol. The fraction of sp³-hybridized carbons (Fsp3) is 0.0769. The smallest absolute Gasteiger partial charge is 0.338 e. The zero-order chi connectivity index (χ0) is 22.4. The second-order valence-corrected chi connectivity index (χ2v) is 6.30. The molecular formula is C26H26O4. The lowest BCUT2D eigenvalue weighted by molar-refractivity contribution is -0.132. The highest BCUT2D eigenvalue weighted by atomic mass is 16.5. The van der Waals surface area contributed by atoms with Crippen molar-refractivity contribution >= 4 is 11.9 Å². The number of rotatable bonds is 4. The fourth-order valence-electron chi connectivity index (χ4n) is 1.94. The number of carboxylic acid groups (broad SMARTS) is 1. The molecule has 0 aliphatic carbocycles. The van der Waals surface area contributed by atoms with Gasteiger partial charge in [-0.05, 0) is 37.1 Å². The molecule has 3 aromatic rings. The summed E-state index contributed by atoms with van der Waals surface area (Å²) < 4.78 is 4.94. The molecule has 0 saturated carbocycles. The van der Waals surface area contributed by atoms with E-state index in [0.717, 1.165) is 0 Å². The molecule has 1 N–H and O–H groups in total. The number of hydrogen-bond donors (Lipinski definition) is 1. The van der Waals surface area contributed by atoms with Crippen LogP contribution in [-0.4, -0.2) is 17.0 Å². The van der Waals surface area contributed by atoms with E-state index in [-0.39, 0.29) is 11.5 Å². The van der Waals surface area contributed by atoms with Crippen molar-refractivity contribution in [3.8, 4) is 16.9 Å². The maximum atomic E-state index is 11.0. The summed E-state index contributed by atoms with van der Waals surface area (Å²) in [6, 6.07) is 29.7. The van der Waals surface area contributed by atoms with E-state index in [0.29, 0.717) is 11.3 Å². The first-order valence-corrected chi connectivity index (χ1v) is 9.23. The van der Waals surface area contributed by atoms with Gasteiger partial charge in [0.1, 0.15) is 5.75 Å². The molecule has 0 fully saturated rings. The lowest BCUT2D eigenvalue weighted by Crippen LogP contribution is -2.07. The predicted molar refractivity (Wildman–Crippen MR) is 121 cm³/mol. The Kier molecular flexibility index (Phi) is 10.7. The van der Waals surface area contributed by atoms with Gasteiger partial charge in [-0.25, -0.2) is 9.59 Å². The topological polar surface area (TPSA) is 63.6 Å². The molecule has 0 aliphatic rings. The molecule has 0 atom stereocenters. The molecule has 0 amide bonds. The number of benzene rings is 3. The molecule has 0 aliphatic heterocycles. The van der Waals surface area contributed by atoms with Gasteiger partial charge in [0.05, 0.1) is 0 Å². The second-order valence-electron chi connectivity index (χ2n) is 6.30. The predicted octanol–water partition coefficient (Wildman–Crippen LogP) is 6.17. The van der Waals surface area contributed by atoms with Gasteiger partial charge in [-0.2, -0.15) is 0 Å². The van der Waals surface area contributed by atoms with Gasteiger partial charge in [0, 0.05) is 11.1 Å². The molecule has 3 rings (SSSR count). The van der Waals surface area contributed by atoms with Gasteiger partial charge in [-0.15, -0.1) is 0 Å². The van der Waals surface area contributed by atoms with Crippen molar-refractivity contribution in [2.24, 2.45) is 0 Å². The van der Waals surface area contributed by atoms with Crippen molar-refractivity contribution in [2.75, 3.05) is 0 Å². The zero-order valence-electron chi connectivity index (χ0n) is 17.2. The molecule has 0 heterocycles. The Morgan fingerprint density at radius 1 is 0.667 bits per heavy atom. The third-order valence-electron chi connectivity index (χ3n) is 3.55. The lowest BCUT2D eigenvalue weighted by Gasteiger charge is -2.01. The van der Waals surface area contributed by atoms with Gasteiger partial charge in [0.2, 0.25) is 0 Å². The molecule has 4 heteroatoms. The number of hydrogen-bond acceptors (Lipinski definition) is 3. The van der Waals surface area contributed by atoms with Crippen LogP contribution in [0.15, 0.2) is 115 Å². The SMILES string of the molecule is C=C(C)C(=O)O.C=C(C)C(=O)Oc1ccccc1.c1ccc(-c2ccccc2)cc1. The van der Waals surface area contributed by atoms with Crippen LogP contribution in [0.25, 0.3) is 11.1 Å². The van der Waals surface area contributed by atoms with Crippen LogP contribution in [0.1, 0.15) is 13.8 Å². The Balaban J connectivity index is 0.000000240. The highest BCUT2D eigenvalue weighted by Crippen LogP contribution is 2.17. The Labute approximate surface area is 177 Å². The van der Waals surface area contributed by atoms with Crippen LogP contribution in [0.5, 0.6) is 5.75 Å². The maximum Gasteiger partial charge on any atom is 0.338 e. The van der Waals surface area contributed by atoms with Crippen LogP contribution in [0.2, 0.25) is 0 Å². The minimum atomic E-state index is -0.935. The van der Waals surface area contributed by atoms with E-state index in [1.165, 1.54) is 18.1 Å². The number of carbonyl (C=O) groups excluding carboxylic acids is 1. The molecule has 30 heavy (non-hydrogen) atoms. The van der Waals surface area contributed by atoms with Crippen molar-refractivity contribution in [1.29, 1.82) is 0 Å². The summed E-state index contributed by atoms with van der Waals surface area (Å²) in [5.41, 5.74) is 3.13. The van der Waals surface area contributed by atoms with Crippen molar-refractivity contribution in [3.05, 3.63) is 115 Å². The van der Waals surface area contributed by atoms with Crippen LogP contribution in [0.4, 0.5) is 0 Å². The van der Waals surface area contributed by atoms with Crippen molar-refractivity contribution in [2.45, 2.75) is 13.8 Å². The molecule has 3 aromatic carbocycles. The zero-order valence-corrected chi connectivity index (χ0v) is 17.2. The van der Waals surface area contributed by atoms with E-state index in [9.17, 15) is 9.59 Å². The molecule has 154 valence electrons. The van der Waals surface area contributed by atoms with Crippen LogP contribution in [0, 0.1) is 0 Å². The fourth-order valence-corrected chi connectivity index (χ4v) is 1.94. The number of carboxylic acids is 1. The molecule has 0 aromatic heterocycles. The summed E-state index contributed by atoms with van der Waals surface area (Å²) in [6.07, 6.45) is 0. The van der Waals surface area contributed by atoms with Crippen molar-refractivity contribution in [3.63, 3.8) is 0 Å². The third-order valence-corrected chi connectivity index (χ3v) is 3.55. The molecule has 0 unspecified atom stereocenters. The summed E-state index contributed by atoms with van der Waals surface area (Å²) in [6.45, 7) is 9.69. The van der Waals surface area contributed by atoms with Crippen LogP contribution < -0.4 is 4.74 Å². The van der Waals surface area contributed by atoms with Gasteiger partial charge in [0.25, 0.3) is 0 Å². The standard InChI is InChI=1S/C12H10.C10H10O2.C4H6O2/c1-3-7-11(8-4-1)12-9-5-2-6-10-12;1-8(2)10(11)12-9-6-4-3-5-7-9;1-3(2)4(5)6/h1-10H;3-7H,1H2,2H3;1H2,2H3,(H,5,6). The lowest BCUT2D eigenvalue weighted by atomic mass is 10.1. The first kappa shape index (κ1) is 24.1. The quantitative estimate of drug-likeness (QED) is 0.322. The number of esters is 1. The first-order valence-electron chi connectivity index (χ1n) is 9.23. The van der Waals surface area contributed by atoms with Crippen LogP contribution >= 0.6 is 0 Å². The van der Waals surface area contributed by atoms with E-state index in [1.807, 2.05) is 18.2 Å². The Morgan fingerprint density at radius 2 is 1.00 bits per heavy atom. The summed E-state index contributed by atoms with van der Waals surface area (Å²) in [5.74, 6) is -0.776. The molecule has 0 spiro atoms. The van der Waals surface area contributed by atoms with Gasteiger partial charge < -0.3 is 9.84 Å². The van der Waals surface area contributed by atoms with E-state index in [1.54, 1.807) is 31.2 Å². The summed E-state index contributed by atoms with van der Waals surface area (Å²) in [5, 5.41) is 7.89. The Morgan fingerprint density at radius 3 is 1.30 bits per heavy atom. The molecule has 0 radical (unpaired) electrons. The van der Waals surface area contributed by atoms with Crippen molar-refractivity contribution in [1.82, 2.24) is 0 Å². The van der Waals surface area contributed by atoms with E-state index < -0.39 is 5.97 Å². The third kappa shape index (κ3) is 9.85. The van der Waals surface area contributed by atoms with E-state index in [4.69, 9.17) is 9.84 Å². The second kappa shape index (κ2) is 13.3. The largest absolute Gasteiger partial charge is 0.478 e. The Hall–Kier alpha value is -3.92. The number of para-hydroxylation sites is 1. The van der Waals surface area contributed by atoms with Crippen LogP contribution in [0.3, 0.4) is 0 Å². The molecule has 0 bridgehead atoms. The minimum Gasteiger partial charge on any atom is -0.478 e. The van der Waals surface area contributed by atoms with Gasteiger partial charge in [-0.3, -0.25) is 0 Å². The maximum absolute atomic E-state index is 11.0. The molecule has 0 saturated heterocycles. The summed E-state index contributed by atoms with van der Waals surface area (Å²) in [7, 11) is 0. The van der Waals surface area contributed by atoms with Gasteiger partial charge >= 0.3 is 11.9 Å². The Bertz CT molecular complexity index is 897. The summed E-state index contributed by atoms with van der Waals surface area (Å²) >= 11 is 0. The van der Waals surface area contributed by atoms with E-state index >= 15 is 0 Å². The average Bonchev–Trinajstić information content (AvgIpc) is 2.76. The highest BCUT2D eigenvalue weighted by Gasteiger charge is 2.03.